The van der Waals surface area contributed by atoms with E-state index in [1.165, 1.54) is 0 Å². The fourth-order valence-corrected chi connectivity index (χ4v) is 3.53. The summed E-state index contributed by atoms with van der Waals surface area (Å²) in [5.74, 6) is -0.325. The molecule has 3 rings (SSSR count). The van der Waals surface area contributed by atoms with Crippen molar-refractivity contribution in [2.75, 3.05) is 6.54 Å². The van der Waals surface area contributed by atoms with E-state index >= 15 is 0 Å². The Morgan fingerprint density at radius 3 is 2.43 bits per heavy atom. The van der Waals surface area contributed by atoms with Crippen molar-refractivity contribution in [2.24, 2.45) is 0 Å². The molecule has 1 aliphatic rings. The van der Waals surface area contributed by atoms with E-state index in [-0.39, 0.29) is 17.7 Å². The Bertz CT molecular complexity index is 741. The van der Waals surface area contributed by atoms with Crippen LogP contribution >= 0.6 is 0 Å². The van der Waals surface area contributed by atoms with Gasteiger partial charge in [-0.2, -0.15) is 0 Å². The lowest BCUT2D eigenvalue weighted by Gasteiger charge is -2.27. The molecule has 6 heteroatoms. The van der Waals surface area contributed by atoms with Crippen LogP contribution in [0.5, 0.6) is 0 Å². The van der Waals surface area contributed by atoms with E-state index in [0.717, 1.165) is 49.8 Å². The van der Waals surface area contributed by atoms with Crippen molar-refractivity contribution in [2.45, 2.75) is 65.5 Å². The van der Waals surface area contributed by atoms with Gasteiger partial charge in [-0.3, -0.25) is 9.78 Å². The first-order valence-corrected chi connectivity index (χ1v) is 10.3. The van der Waals surface area contributed by atoms with Crippen molar-refractivity contribution in [3.05, 3.63) is 60.1 Å². The van der Waals surface area contributed by atoms with Crippen LogP contribution in [0.4, 0.5) is 0 Å². The zero-order valence-corrected chi connectivity index (χ0v) is 17.2. The maximum atomic E-state index is 12.7. The van der Waals surface area contributed by atoms with E-state index in [0.29, 0.717) is 6.54 Å². The van der Waals surface area contributed by atoms with Crippen molar-refractivity contribution >= 4 is 5.91 Å². The highest BCUT2D eigenvalue weighted by Crippen LogP contribution is 2.39. The number of aromatic nitrogens is 3. The smallest absolute Gasteiger partial charge is 0.289 e. The van der Waals surface area contributed by atoms with Crippen molar-refractivity contribution in [3.63, 3.8) is 0 Å². The minimum Gasteiger partial charge on any atom is -0.503 e. The third kappa shape index (κ3) is 5.21. The molecule has 0 aromatic carbocycles. The van der Waals surface area contributed by atoms with Crippen LogP contribution < -0.4 is 0 Å². The number of hydrogen-bond acceptors (Lipinski definition) is 4. The highest BCUT2D eigenvalue weighted by molar-refractivity contribution is 5.95. The highest BCUT2D eigenvalue weighted by Gasteiger charge is 2.39. The number of aliphatic hydroxyl groups excluding tert-OH is 1. The standard InChI is InChI=1S/C20H26N4O2.C2H6/c1-2-3-4-6-17-18(16-7-9-21-10-8-16)24(20(26)19(17)25)13-5-12-23-14-11-22-15-23;1-2/h7-11,14-15,18,25H,2-6,12-13H2,1H3;1-2H3. The lowest BCUT2D eigenvalue weighted by Crippen LogP contribution is -2.32. The first-order chi connectivity index (χ1) is 13.7. The minimum atomic E-state index is -0.260. The van der Waals surface area contributed by atoms with Gasteiger partial charge in [0, 0.05) is 43.4 Å². The number of aliphatic hydroxyl groups is 1. The molecule has 0 bridgehead atoms. The Morgan fingerprint density at radius 2 is 1.79 bits per heavy atom. The number of carbonyl (C=O) groups excluding carboxylic acids is 1. The lowest BCUT2D eigenvalue weighted by molar-refractivity contribution is -0.129. The number of unbranched alkanes of at least 4 members (excludes halogenated alkanes) is 2. The van der Waals surface area contributed by atoms with Gasteiger partial charge in [0.25, 0.3) is 5.91 Å². The van der Waals surface area contributed by atoms with Crippen LogP contribution in [0.3, 0.4) is 0 Å². The minimum absolute atomic E-state index is 0.0643. The largest absolute Gasteiger partial charge is 0.503 e. The molecule has 2 aromatic rings. The number of imidazole rings is 1. The van der Waals surface area contributed by atoms with Crippen molar-refractivity contribution < 1.29 is 9.90 Å². The Morgan fingerprint density at radius 1 is 1.04 bits per heavy atom. The van der Waals surface area contributed by atoms with Gasteiger partial charge >= 0.3 is 0 Å². The van der Waals surface area contributed by atoms with Crippen LogP contribution in [0.25, 0.3) is 0 Å². The van der Waals surface area contributed by atoms with Crippen LogP contribution in [0.1, 0.15) is 64.5 Å². The van der Waals surface area contributed by atoms with Crippen LogP contribution in [-0.2, 0) is 11.3 Å². The average Bonchev–Trinajstić information content (AvgIpc) is 3.33. The summed E-state index contributed by atoms with van der Waals surface area (Å²) in [5, 5.41) is 10.5. The van der Waals surface area contributed by atoms with Crippen LogP contribution in [0.2, 0.25) is 0 Å². The van der Waals surface area contributed by atoms with Crippen molar-refractivity contribution in [1.82, 2.24) is 19.4 Å². The Hall–Kier alpha value is -2.63. The summed E-state index contributed by atoms with van der Waals surface area (Å²) in [6.07, 6.45) is 13.6. The maximum Gasteiger partial charge on any atom is 0.289 e. The molecule has 152 valence electrons. The first kappa shape index (κ1) is 21.7. The number of hydrogen-bond donors (Lipinski definition) is 1. The predicted molar refractivity (Wildman–Crippen MR) is 111 cm³/mol. The van der Waals surface area contributed by atoms with Gasteiger partial charge in [0.05, 0.1) is 12.4 Å². The summed E-state index contributed by atoms with van der Waals surface area (Å²) in [4.78, 5) is 22.6. The molecule has 1 atom stereocenters. The number of aryl methyl sites for hydroxylation is 1. The molecule has 0 saturated carbocycles. The first-order valence-electron chi connectivity index (χ1n) is 10.3. The molecule has 2 aromatic heterocycles. The highest BCUT2D eigenvalue weighted by atomic mass is 16.3. The molecule has 0 fully saturated rings. The summed E-state index contributed by atoms with van der Waals surface area (Å²) in [6, 6.07) is 3.67. The molecule has 0 aliphatic carbocycles. The summed E-state index contributed by atoms with van der Waals surface area (Å²) in [5.41, 5.74) is 1.85. The Kier molecular flexibility index (Phi) is 8.72. The maximum absolute atomic E-state index is 12.7. The van der Waals surface area contributed by atoms with Gasteiger partial charge < -0.3 is 14.6 Å². The van der Waals surface area contributed by atoms with Crippen LogP contribution in [0.15, 0.2) is 54.6 Å². The zero-order chi connectivity index (χ0) is 20.4. The number of pyridine rings is 1. The Labute approximate surface area is 167 Å². The van der Waals surface area contributed by atoms with E-state index in [1.54, 1.807) is 29.8 Å². The summed E-state index contributed by atoms with van der Waals surface area (Å²) < 4.78 is 2.00. The van der Waals surface area contributed by atoms with Gasteiger partial charge in [0.1, 0.15) is 0 Å². The molecule has 1 amide bonds. The van der Waals surface area contributed by atoms with E-state index in [1.807, 2.05) is 36.7 Å². The normalized spacial score (nSPS) is 16.3. The molecule has 0 radical (unpaired) electrons. The van der Waals surface area contributed by atoms with Gasteiger partial charge in [-0.1, -0.05) is 33.6 Å². The SMILES string of the molecule is CC.CCCCCC1=C(O)C(=O)N(CCCn2ccnc2)C1c1ccncc1. The summed E-state index contributed by atoms with van der Waals surface area (Å²) in [6.45, 7) is 7.53. The number of carbonyl (C=O) groups is 1. The fraction of sp³-hybridized carbons (Fsp3) is 0.500. The second kappa shape index (κ2) is 11.3. The lowest BCUT2D eigenvalue weighted by atomic mass is 9.95. The Balaban J connectivity index is 0.00000136. The van der Waals surface area contributed by atoms with E-state index in [4.69, 9.17) is 0 Å². The molecular formula is C22H32N4O2. The molecule has 1 unspecified atom stereocenters. The quantitative estimate of drug-likeness (QED) is 0.638. The number of nitrogens with zero attached hydrogens (tertiary/aromatic N) is 4. The molecular weight excluding hydrogens is 352 g/mol. The van der Waals surface area contributed by atoms with E-state index in [2.05, 4.69) is 16.9 Å². The molecule has 0 spiro atoms. The van der Waals surface area contributed by atoms with Crippen molar-refractivity contribution in [1.29, 1.82) is 0 Å². The van der Waals surface area contributed by atoms with Crippen LogP contribution in [0, 0.1) is 0 Å². The van der Waals surface area contributed by atoms with Crippen LogP contribution in [-0.4, -0.2) is 37.0 Å². The predicted octanol–water partition coefficient (Wildman–Crippen LogP) is 4.67. The van der Waals surface area contributed by atoms with Gasteiger partial charge in [-0.15, -0.1) is 0 Å². The number of amides is 1. The van der Waals surface area contributed by atoms with Gasteiger partial charge in [-0.25, -0.2) is 4.98 Å². The molecule has 3 heterocycles. The monoisotopic (exact) mass is 384 g/mol. The third-order valence-electron chi connectivity index (χ3n) is 4.86. The third-order valence-corrected chi connectivity index (χ3v) is 4.86. The molecule has 28 heavy (non-hydrogen) atoms. The van der Waals surface area contributed by atoms with Gasteiger partial charge in [0.2, 0.25) is 0 Å². The topological polar surface area (TPSA) is 71.2 Å². The second-order valence-electron chi connectivity index (χ2n) is 6.67. The molecule has 6 nitrogen and oxygen atoms in total. The summed E-state index contributed by atoms with van der Waals surface area (Å²) in [7, 11) is 0. The summed E-state index contributed by atoms with van der Waals surface area (Å²) >= 11 is 0. The average molecular weight is 385 g/mol. The van der Waals surface area contributed by atoms with Crippen molar-refractivity contribution in [3.8, 4) is 0 Å². The fourth-order valence-electron chi connectivity index (χ4n) is 3.53. The molecule has 1 N–H and O–H groups in total. The van der Waals surface area contributed by atoms with E-state index < -0.39 is 0 Å². The van der Waals surface area contributed by atoms with E-state index in [9.17, 15) is 9.90 Å². The number of rotatable bonds is 9. The molecule has 0 saturated heterocycles. The second-order valence-corrected chi connectivity index (χ2v) is 6.67. The van der Waals surface area contributed by atoms with Gasteiger partial charge in [0.15, 0.2) is 5.76 Å². The molecule has 1 aliphatic heterocycles. The zero-order valence-electron chi connectivity index (χ0n) is 17.2. The van der Waals surface area contributed by atoms with Gasteiger partial charge in [-0.05, 0) is 37.0 Å².